The molecule has 0 saturated heterocycles. The summed E-state index contributed by atoms with van der Waals surface area (Å²) in [4.78, 5) is 11.2. The molecule has 0 saturated carbocycles. The molecule has 3 N–H and O–H groups in total. The fourth-order valence-corrected chi connectivity index (χ4v) is 1.80. The van der Waals surface area contributed by atoms with Gasteiger partial charge in [-0.1, -0.05) is 0 Å². The molecule has 0 atom stereocenters. The number of Topliss-reactive ketones (excluding diaryl/α,β-unsaturated/α-hetero) is 1. The van der Waals surface area contributed by atoms with Gasteiger partial charge in [0.1, 0.15) is 5.75 Å². The molecule has 0 spiro atoms. The molecule has 0 aliphatic carbocycles. The fourth-order valence-electron chi connectivity index (χ4n) is 1.13. The van der Waals surface area contributed by atoms with Crippen LogP contribution in [0.15, 0.2) is 16.6 Å². The largest absolute Gasteiger partial charge is 0.507 e. The van der Waals surface area contributed by atoms with Gasteiger partial charge in [-0.2, -0.15) is 13.2 Å². The number of carbonyl (C=O) groups is 1. The van der Waals surface area contributed by atoms with Crippen LogP contribution in [-0.2, 0) is 6.18 Å². The Labute approximate surface area is 97.2 Å². The van der Waals surface area contributed by atoms with E-state index in [9.17, 15) is 23.1 Å². The highest BCUT2D eigenvalue weighted by atomic mass is 79.9. The third-order valence-corrected chi connectivity index (χ3v) is 2.49. The molecule has 0 amide bonds. The van der Waals surface area contributed by atoms with E-state index in [0.29, 0.717) is 6.07 Å². The van der Waals surface area contributed by atoms with E-state index < -0.39 is 29.8 Å². The molecule has 0 aliphatic rings. The minimum absolute atomic E-state index is 0.129. The van der Waals surface area contributed by atoms with Crippen molar-refractivity contribution in [2.45, 2.75) is 6.18 Å². The van der Waals surface area contributed by atoms with Gasteiger partial charge in [-0.3, -0.25) is 4.79 Å². The van der Waals surface area contributed by atoms with Crippen LogP contribution in [0.5, 0.6) is 5.75 Å². The molecule has 0 bridgehead atoms. The zero-order chi connectivity index (χ0) is 12.5. The van der Waals surface area contributed by atoms with Crippen LogP contribution in [0.1, 0.15) is 15.9 Å². The highest BCUT2D eigenvalue weighted by Crippen LogP contribution is 2.36. The van der Waals surface area contributed by atoms with E-state index in [2.05, 4.69) is 15.9 Å². The summed E-state index contributed by atoms with van der Waals surface area (Å²) in [6, 6.07) is 1.22. The Morgan fingerprint density at radius 1 is 1.44 bits per heavy atom. The third kappa shape index (κ3) is 2.53. The molecule has 0 aliphatic heterocycles. The molecule has 7 heteroatoms. The first-order valence-corrected chi connectivity index (χ1v) is 4.89. The molecule has 0 heterocycles. The number of hydrogen-bond acceptors (Lipinski definition) is 3. The van der Waals surface area contributed by atoms with E-state index in [1.165, 1.54) is 0 Å². The normalized spacial score (nSPS) is 11.6. The van der Waals surface area contributed by atoms with Crippen molar-refractivity contribution in [3.05, 3.63) is 27.7 Å². The number of phenols is 1. The number of rotatable bonds is 2. The number of halogens is 4. The van der Waals surface area contributed by atoms with Crippen molar-refractivity contribution in [2.75, 3.05) is 6.54 Å². The topological polar surface area (TPSA) is 63.3 Å². The van der Waals surface area contributed by atoms with Gasteiger partial charge in [-0.15, -0.1) is 0 Å². The van der Waals surface area contributed by atoms with Crippen molar-refractivity contribution in [3.63, 3.8) is 0 Å². The zero-order valence-corrected chi connectivity index (χ0v) is 9.39. The van der Waals surface area contributed by atoms with Crippen LogP contribution in [0.2, 0.25) is 0 Å². The van der Waals surface area contributed by atoms with Gasteiger partial charge in [0, 0.05) is 4.47 Å². The average molecular weight is 298 g/mol. The first kappa shape index (κ1) is 13.0. The second kappa shape index (κ2) is 4.42. The predicted molar refractivity (Wildman–Crippen MR) is 54.2 cm³/mol. The Morgan fingerprint density at radius 2 is 2.00 bits per heavy atom. The van der Waals surface area contributed by atoms with E-state index in [-0.39, 0.29) is 10.0 Å². The predicted octanol–water partition coefficient (Wildman–Crippen LogP) is 2.31. The molecule has 0 aromatic heterocycles. The second-order valence-electron chi connectivity index (χ2n) is 2.98. The van der Waals surface area contributed by atoms with Crippen LogP contribution in [-0.4, -0.2) is 17.4 Å². The number of benzene rings is 1. The molecule has 0 unspecified atom stereocenters. The maximum absolute atomic E-state index is 12.3. The zero-order valence-electron chi connectivity index (χ0n) is 7.81. The lowest BCUT2D eigenvalue weighted by Gasteiger charge is -2.11. The summed E-state index contributed by atoms with van der Waals surface area (Å²) in [5, 5.41) is 9.33. The highest BCUT2D eigenvalue weighted by molar-refractivity contribution is 9.10. The van der Waals surface area contributed by atoms with Crippen molar-refractivity contribution in [3.8, 4) is 5.75 Å². The summed E-state index contributed by atoms with van der Waals surface area (Å²) in [6.07, 6.45) is -4.58. The van der Waals surface area contributed by atoms with Crippen molar-refractivity contribution in [2.24, 2.45) is 5.73 Å². The van der Waals surface area contributed by atoms with E-state index in [4.69, 9.17) is 5.73 Å². The average Bonchev–Trinajstić information content (AvgIpc) is 2.14. The lowest BCUT2D eigenvalue weighted by Crippen LogP contribution is -2.15. The summed E-state index contributed by atoms with van der Waals surface area (Å²) in [6.45, 7) is -0.391. The van der Waals surface area contributed by atoms with Crippen molar-refractivity contribution in [1.29, 1.82) is 0 Å². The summed E-state index contributed by atoms with van der Waals surface area (Å²) in [5.74, 6) is -1.38. The smallest absolute Gasteiger partial charge is 0.416 e. The number of hydrogen-bond donors (Lipinski definition) is 2. The molecule has 16 heavy (non-hydrogen) atoms. The van der Waals surface area contributed by atoms with Crippen molar-refractivity contribution >= 4 is 21.7 Å². The summed E-state index contributed by atoms with van der Waals surface area (Å²) in [5.41, 5.74) is 3.79. The van der Waals surface area contributed by atoms with Gasteiger partial charge in [0.15, 0.2) is 5.78 Å². The Kier molecular flexibility index (Phi) is 3.59. The van der Waals surface area contributed by atoms with E-state index >= 15 is 0 Å². The maximum Gasteiger partial charge on any atom is 0.416 e. The minimum Gasteiger partial charge on any atom is -0.507 e. The fraction of sp³-hybridized carbons (Fsp3) is 0.222. The van der Waals surface area contributed by atoms with Gasteiger partial charge < -0.3 is 10.8 Å². The first-order valence-electron chi connectivity index (χ1n) is 4.10. The van der Waals surface area contributed by atoms with Crippen LogP contribution in [0.3, 0.4) is 0 Å². The molecule has 1 rings (SSSR count). The third-order valence-electron chi connectivity index (χ3n) is 1.86. The first-order chi connectivity index (χ1) is 7.27. The van der Waals surface area contributed by atoms with Gasteiger partial charge >= 0.3 is 6.18 Å². The van der Waals surface area contributed by atoms with Crippen LogP contribution in [0.4, 0.5) is 13.2 Å². The monoisotopic (exact) mass is 297 g/mol. The van der Waals surface area contributed by atoms with Crippen LogP contribution in [0, 0.1) is 0 Å². The molecule has 0 fully saturated rings. The number of carbonyl (C=O) groups excluding carboxylic acids is 1. The number of ketones is 1. The Balaban J connectivity index is 3.34. The SMILES string of the molecule is NCC(=O)c1c(O)cc(C(F)(F)F)cc1Br. The number of alkyl halides is 3. The van der Waals surface area contributed by atoms with E-state index in [1.54, 1.807) is 0 Å². The number of aromatic hydroxyl groups is 1. The molecule has 3 nitrogen and oxygen atoms in total. The Hall–Kier alpha value is -1.08. The molecule has 88 valence electrons. The van der Waals surface area contributed by atoms with Gasteiger partial charge in [-0.25, -0.2) is 0 Å². The molecular weight excluding hydrogens is 291 g/mol. The second-order valence-corrected chi connectivity index (χ2v) is 3.83. The van der Waals surface area contributed by atoms with Gasteiger partial charge in [-0.05, 0) is 28.1 Å². The summed E-state index contributed by atoms with van der Waals surface area (Å²) >= 11 is 2.80. The number of nitrogens with two attached hydrogens (primary N) is 1. The Bertz CT molecular complexity index is 408. The van der Waals surface area contributed by atoms with E-state index in [0.717, 1.165) is 6.07 Å². The quantitative estimate of drug-likeness (QED) is 0.824. The van der Waals surface area contributed by atoms with Gasteiger partial charge in [0.2, 0.25) is 0 Å². The van der Waals surface area contributed by atoms with Crippen LogP contribution in [0.25, 0.3) is 0 Å². The van der Waals surface area contributed by atoms with E-state index in [1.807, 2.05) is 0 Å². The Morgan fingerprint density at radius 3 is 2.38 bits per heavy atom. The van der Waals surface area contributed by atoms with Crippen molar-refractivity contribution in [1.82, 2.24) is 0 Å². The molecular formula is C9H7BrF3NO2. The van der Waals surface area contributed by atoms with Gasteiger partial charge in [0.25, 0.3) is 0 Å². The van der Waals surface area contributed by atoms with Crippen LogP contribution >= 0.6 is 15.9 Å². The van der Waals surface area contributed by atoms with Crippen LogP contribution < -0.4 is 5.73 Å². The lowest BCUT2D eigenvalue weighted by molar-refractivity contribution is -0.137. The van der Waals surface area contributed by atoms with Gasteiger partial charge in [0.05, 0.1) is 17.7 Å². The molecule has 1 aromatic carbocycles. The summed E-state index contributed by atoms with van der Waals surface area (Å²) < 4.78 is 36.8. The minimum atomic E-state index is -4.58. The summed E-state index contributed by atoms with van der Waals surface area (Å²) in [7, 11) is 0. The van der Waals surface area contributed by atoms with Crippen molar-refractivity contribution < 1.29 is 23.1 Å². The molecule has 1 aromatic rings. The maximum atomic E-state index is 12.3. The standard InChI is InChI=1S/C9H7BrF3NO2/c10-5-1-4(9(11,12)13)2-6(15)8(5)7(16)3-14/h1-2,15H,3,14H2. The molecule has 0 radical (unpaired) electrons. The number of phenolic OH excluding ortho intramolecular Hbond substituents is 1. The lowest BCUT2D eigenvalue weighted by atomic mass is 10.1. The highest BCUT2D eigenvalue weighted by Gasteiger charge is 2.32.